The van der Waals surface area contributed by atoms with Crippen LogP contribution in [-0.4, -0.2) is 17.9 Å². The van der Waals surface area contributed by atoms with E-state index in [9.17, 15) is 4.79 Å². The summed E-state index contributed by atoms with van der Waals surface area (Å²) in [6.07, 6.45) is 3.05. The second-order valence-corrected chi connectivity index (χ2v) is 3.45. The maximum absolute atomic E-state index is 11.5. The number of hydrogen-bond acceptors (Lipinski definition) is 4. The molecule has 16 heavy (non-hydrogen) atoms. The van der Waals surface area contributed by atoms with Crippen LogP contribution in [0.15, 0.2) is 40.5 Å². The molecule has 0 aliphatic carbocycles. The van der Waals surface area contributed by atoms with Crippen molar-refractivity contribution in [3.8, 4) is 0 Å². The first-order valence-electron chi connectivity index (χ1n) is 5.15. The summed E-state index contributed by atoms with van der Waals surface area (Å²) in [7, 11) is 0. The minimum Gasteiger partial charge on any atom is -0.456 e. The van der Waals surface area contributed by atoms with Gasteiger partial charge in [0.25, 0.3) is 0 Å². The van der Waals surface area contributed by atoms with Crippen molar-refractivity contribution in [1.82, 2.24) is 0 Å². The Kier molecular flexibility index (Phi) is 3.43. The van der Waals surface area contributed by atoms with Crippen molar-refractivity contribution in [3.63, 3.8) is 0 Å². The van der Waals surface area contributed by atoms with Gasteiger partial charge in [-0.3, -0.25) is 0 Å². The molecule has 0 atom stereocenters. The molecular formula is C12H12N2O2. The number of hydrogen-bond donors (Lipinski definition) is 0. The molecule has 1 aliphatic rings. The van der Waals surface area contributed by atoms with E-state index >= 15 is 0 Å². The highest BCUT2D eigenvalue weighted by Crippen LogP contribution is 2.04. The smallest absolute Gasteiger partial charge is 0.354 e. The number of esters is 1. The molecule has 0 amide bonds. The third-order valence-electron chi connectivity index (χ3n) is 2.22. The summed E-state index contributed by atoms with van der Waals surface area (Å²) in [4.78, 5) is 11.5. The number of nitrogens with zero attached hydrogens (tertiary/aromatic N) is 2. The molecule has 0 aromatic heterocycles. The summed E-state index contributed by atoms with van der Waals surface area (Å²) in [6.45, 7) is 0.280. The predicted octanol–water partition coefficient (Wildman–Crippen LogP) is 1.95. The second kappa shape index (κ2) is 5.21. The molecule has 1 aromatic carbocycles. The number of rotatable bonds is 3. The molecule has 0 N–H and O–H groups in total. The van der Waals surface area contributed by atoms with E-state index in [1.165, 1.54) is 0 Å². The van der Waals surface area contributed by atoms with Crippen molar-refractivity contribution in [2.24, 2.45) is 10.2 Å². The van der Waals surface area contributed by atoms with Crippen LogP contribution in [0.3, 0.4) is 0 Å². The van der Waals surface area contributed by atoms with E-state index in [-0.39, 0.29) is 12.6 Å². The van der Waals surface area contributed by atoms with Gasteiger partial charge in [0, 0.05) is 12.6 Å². The zero-order chi connectivity index (χ0) is 11.2. The summed E-state index contributed by atoms with van der Waals surface area (Å²) in [6, 6.07) is 9.56. The summed E-state index contributed by atoms with van der Waals surface area (Å²) in [5.41, 5.74) is 1.37. The largest absolute Gasteiger partial charge is 0.456 e. The standard InChI is InChI=1S/C12H12N2O2/c15-12(11-7-4-8-13-14-11)16-9-10-5-2-1-3-6-10/h1-3,5-6,8H,4,7,9H2. The summed E-state index contributed by atoms with van der Waals surface area (Å²) >= 11 is 0. The van der Waals surface area contributed by atoms with Crippen molar-refractivity contribution < 1.29 is 9.53 Å². The highest BCUT2D eigenvalue weighted by atomic mass is 16.5. The highest BCUT2D eigenvalue weighted by Gasteiger charge is 2.14. The monoisotopic (exact) mass is 216 g/mol. The van der Waals surface area contributed by atoms with Crippen molar-refractivity contribution in [2.75, 3.05) is 0 Å². The van der Waals surface area contributed by atoms with Crippen LogP contribution < -0.4 is 0 Å². The Hall–Kier alpha value is -1.97. The van der Waals surface area contributed by atoms with Gasteiger partial charge in [-0.1, -0.05) is 30.3 Å². The molecule has 0 radical (unpaired) electrons. The molecule has 82 valence electrons. The Labute approximate surface area is 93.7 Å². The number of benzene rings is 1. The fourth-order valence-electron chi connectivity index (χ4n) is 1.37. The first kappa shape index (κ1) is 10.5. The normalized spacial score (nSPS) is 14.4. The van der Waals surface area contributed by atoms with E-state index < -0.39 is 0 Å². The lowest BCUT2D eigenvalue weighted by molar-refractivity contribution is -0.136. The Morgan fingerprint density at radius 3 is 2.81 bits per heavy atom. The Morgan fingerprint density at radius 1 is 1.31 bits per heavy atom. The van der Waals surface area contributed by atoms with Crippen LogP contribution in [0.1, 0.15) is 18.4 Å². The molecule has 1 aromatic rings. The number of carbonyl (C=O) groups excluding carboxylic acids is 1. The molecule has 2 rings (SSSR count). The molecule has 4 heteroatoms. The predicted molar refractivity (Wildman–Crippen MR) is 61.4 cm³/mol. The van der Waals surface area contributed by atoms with Crippen LogP contribution >= 0.6 is 0 Å². The van der Waals surface area contributed by atoms with E-state index in [1.54, 1.807) is 6.21 Å². The summed E-state index contributed by atoms with van der Waals surface area (Å²) in [5.74, 6) is -0.374. The summed E-state index contributed by atoms with van der Waals surface area (Å²) in [5, 5.41) is 7.45. The fraction of sp³-hybridized carbons (Fsp3) is 0.250. The van der Waals surface area contributed by atoms with Crippen LogP contribution in [0.5, 0.6) is 0 Å². The van der Waals surface area contributed by atoms with Gasteiger partial charge in [-0.2, -0.15) is 5.10 Å². The summed E-state index contributed by atoms with van der Waals surface area (Å²) < 4.78 is 5.12. The SMILES string of the molecule is O=C(OCc1ccccc1)C1=NN=CCC1. The van der Waals surface area contributed by atoms with E-state index in [0.29, 0.717) is 12.1 Å². The molecule has 0 fully saturated rings. The van der Waals surface area contributed by atoms with E-state index in [0.717, 1.165) is 12.0 Å². The highest BCUT2D eigenvalue weighted by molar-refractivity contribution is 6.36. The Morgan fingerprint density at radius 2 is 2.12 bits per heavy atom. The molecule has 0 saturated heterocycles. The van der Waals surface area contributed by atoms with Crippen LogP contribution in [-0.2, 0) is 16.1 Å². The third-order valence-corrected chi connectivity index (χ3v) is 2.22. The molecule has 0 spiro atoms. The topological polar surface area (TPSA) is 51.0 Å². The minimum absolute atomic E-state index is 0.280. The Bertz CT molecular complexity index is 424. The molecule has 0 saturated carbocycles. The van der Waals surface area contributed by atoms with Crippen molar-refractivity contribution in [3.05, 3.63) is 35.9 Å². The lowest BCUT2D eigenvalue weighted by atomic mass is 10.2. The van der Waals surface area contributed by atoms with Crippen LogP contribution in [0.2, 0.25) is 0 Å². The van der Waals surface area contributed by atoms with Gasteiger partial charge in [0.15, 0.2) is 0 Å². The van der Waals surface area contributed by atoms with Crippen LogP contribution in [0.4, 0.5) is 0 Å². The van der Waals surface area contributed by atoms with Gasteiger partial charge in [-0.05, 0) is 12.0 Å². The van der Waals surface area contributed by atoms with Crippen LogP contribution in [0.25, 0.3) is 0 Å². The van der Waals surface area contributed by atoms with E-state index in [2.05, 4.69) is 10.2 Å². The molecule has 1 aliphatic heterocycles. The lowest BCUT2D eigenvalue weighted by Gasteiger charge is -2.07. The maximum Gasteiger partial charge on any atom is 0.354 e. The Balaban J connectivity index is 1.89. The number of carbonyl (C=O) groups is 1. The van der Waals surface area contributed by atoms with Gasteiger partial charge < -0.3 is 4.74 Å². The molecule has 1 heterocycles. The lowest BCUT2D eigenvalue weighted by Crippen LogP contribution is -2.18. The van der Waals surface area contributed by atoms with Crippen molar-refractivity contribution in [1.29, 1.82) is 0 Å². The van der Waals surface area contributed by atoms with Gasteiger partial charge in [0.2, 0.25) is 0 Å². The quantitative estimate of drug-likeness (QED) is 0.725. The third kappa shape index (κ3) is 2.76. The fourth-order valence-corrected chi connectivity index (χ4v) is 1.37. The first-order valence-corrected chi connectivity index (χ1v) is 5.15. The van der Waals surface area contributed by atoms with Gasteiger partial charge >= 0.3 is 5.97 Å². The molecule has 0 bridgehead atoms. The molecule has 0 unspecified atom stereocenters. The first-order chi connectivity index (χ1) is 7.86. The van der Waals surface area contributed by atoms with Gasteiger partial charge in [-0.25, -0.2) is 4.79 Å². The van der Waals surface area contributed by atoms with Crippen molar-refractivity contribution in [2.45, 2.75) is 19.4 Å². The zero-order valence-electron chi connectivity index (χ0n) is 8.80. The molecule has 4 nitrogen and oxygen atoms in total. The van der Waals surface area contributed by atoms with Gasteiger partial charge in [-0.15, -0.1) is 5.10 Å². The van der Waals surface area contributed by atoms with Crippen molar-refractivity contribution >= 4 is 17.9 Å². The number of ether oxygens (including phenoxy) is 1. The second-order valence-electron chi connectivity index (χ2n) is 3.45. The van der Waals surface area contributed by atoms with Gasteiger partial charge in [0.1, 0.15) is 12.3 Å². The molecular weight excluding hydrogens is 204 g/mol. The van der Waals surface area contributed by atoms with E-state index in [1.807, 2.05) is 30.3 Å². The van der Waals surface area contributed by atoms with Crippen LogP contribution in [0, 0.1) is 0 Å². The zero-order valence-corrected chi connectivity index (χ0v) is 8.80. The minimum atomic E-state index is -0.374. The van der Waals surface area contributed by atoms with Gasteiger partial charge in [0.05, 0.1) is 0 Å². The van der Waals surface area contributed by atoms with E-state index in [4.69, 9.17) is 4.74 Å². The average Bonchev–Trinajstić information content (AvgIpc) is 2.38. The maximum atomic E-state index is 11.5. The average molecular weight is 216 g/mol.